The third-order valence-corrected chi connectivity index (χ3v) is 5.04. The molecule has 0 aliphatic carbocycles. The molecule has 6 rings (SSSR count). The number of pyridine rings is 2. The summed E-state index contributed by atoms with van der Waals surface area (Å²) in [6, 6.07) is 21.3. The number of nitrogens with one attached hydrogen (secondary N) is 1. The molecule has 0 bridgehead atoms. The summed E-state index contributed by atoms with van der Waals surface area (Å²) in [6.45, 7) is 0. The number of nitrogens with zero attached hydrogens (tertiary/aromatic N) is 3. The van der Waals surface area contributed by atoms with E-state index >= 15 is 0 Å². The van der Waals surface area contributed by atoms with Gasteiger partial charge in [0.15, 0.2) is 0 Å². The summed E-state index contributed by atoms with van der Waals surface area (Å²) in [5.74, 6) is 1.00. The molecule has 0 aliphatic rings. The van der Waals surface area contributed by atoms with Crippen molar-refractivity contribution in [3.63, 3.8) is 0 Å². The minimum atomic E-state index is 0.956. The second kappa shape index (κ2) is 4.92. The van der Waals surface area contributed by atoms with Gasteiger partial charge in [-0.2, -0.15) is 0 Å². The van der Waals surface area contributed by atoms with Gasteiger partial charge in [-0.1, -0.05) is 24.3 Å². The predicted molar refractivity (Wildman–Crippen MR) is 106 cm³/mol. The molecule has 26 heavy (non-hydrogen) atoms. The molecule has 0 aliphatic heterocycles. The lowest BCUT2D eigenvalue weighted by Gasteiger charge is -2.05. The number of H-pyrrole nitrogens is 1. The van der Waals surface area contributed by atoms with E-state index < -0.39 is 0 Å². The Morgan fingerprint density at radius 3 is 2.54 bits per heavy atom. The topological polar surface area (TPSA) is 46.5 Å². The molecule has 0 radical (unpaired) electrons. The number of fused-ring (bicyclic) bond motifs is 5. The first kappa shape index (κ1) is 13.6. The van der Waals surface area contributed by atoms with Crippen LogP contribution in [0, 0.1) is 0 Å². The Morgan fingerprint density at radius 1 is 0.769 bits per heavy atom. The smallest absolute Gasteiger partial charge is 0.146 e. The first-order chi connectivity index (χ1) is 12.9. The number of aromatic amines is 1. The van der Waals surface area contributed by atoms with E-state index in [9.17, 15) is 0 Å². The Morgan fingerprint density at radius 2 is 1.65 bits per heavy atom. The molecular weight excluding hydrogens is 320 g/mol. The normalized spacial score (nSPS) is 11.8. The van der Waals surface area contributed by atoms with Crippen molar-refractivity contribution in [2.45, 2.75) is 0 Å². The molecule has 0 spiro atoms. The van der Waals surface area contributed by atoms with Crippen LogP contribution in [0.5, 0.6) is 0 Å². The molecule has 4 heterocycles. The van der Waals surface area contributed by atoms with E-state index in [1.54, 1.807) is 0 Å². The summed E-state index contributed by atoms with van der Waals surface area (Å²) < 4.78 is 2.21. The zero-order valence-corrected chi connectivity index (χ0v) is 13.8. The molecule has 0 saturated carbocycles. The first-order valence-electron chi connectivity index (χ1n) is 8.59. The van der Waals surface area contributed by atoms with Crippen LogP contribution in [0.2, 0.25) is 0 Å². The van der Waals surface area contributed by atoms with E-state index in [4.69, 9.17) is 0 Å². The number of rotatable bonds is 1. The lowest BCUT2D eigenvalue weighted by Crippen LogP contribution is -1.95. The van der Waals surface area contributed by atoms with Gasteiger partial charge in [0.25, 0.3) is 0 Å². The van der Waals surface area contributed by atoms with Crippen LogP contribution in [-0.4, -0.2) is 19.5 Å². The van der Waals surface area contributed by atoms with E-state index in [-0.39, 0.29) is 0 Å². The monoisotopic (exact) mass is 334 g/mol. The van der Waals surface area contributed by atoms with Crippen LogP contribution in [0.4, 0.5) is 0 Å². The quantitative estimate of drug-likeness (QED) is 0.449. The fourth-order valence-corrected chi connectivity index (χ4v) is 3.85. The molecule has 0 fully saturated rings. The average Bonchev–Trinajstić information content (AvgIpc) is 3.24. The van der Waals surface area contributed by atoms with Crippen LogP contribution in [0.25, 0.3) is 49.4 Å². The molecule has 0 atom stereocenters. The highest BCUT2D eigenvalue weighted by molar-refractivity contribution is 6.12. The zero-order valence-electron chi connectivity index (χ0n) is 13.8. The molecule has 4 nitrogen and oxygen atoms in total. The highest BCUT2D eigenvalue weighted by Crippen LogP contribution is 2.34. The van der Waals surface area contributed by atoms with Gasteiger partial charge in [0, 0.05) is 28.6 Å². The van der Waals surface area contributed by atoms with Crippen LogP contribution in [-0.2, 0) is 0 Å². The largest absolute Gasteiger partial charge is 0.340 e. The molecule has 1 N–H and O–H groups in total. The minimum absolute atomic E-state index is 0.956. The Balaban J connectivity index is 1.81. The Hall–Kier alpha value is -3.66. The average molecular weight is 334 g/mol. The highest BCUT2D eigenvalue weighted by atomic mass is 15.1. The van der Waals surface area contributed by atoms with Crippen molar-refractivity contribution in [1.29, 1.82) is 0 Å². The number of benzene rings is 2. The van der Waals surface area contributed by atoms with Crippen molar-refractivity contribution < 1.29 is 0 Å². The Labute approximate surface area is 148 Å². The van der Waals surface area contributed by atoms with E-state index in [1.165, 1.54) is 16.2 Å². The number of hydrogen-bond acceptors (Lipinski definition) is 2. The van der Waals surface area contributed by atoms with E-state index in [2.05, 4.69) is 68.0 Å². The van der Waals surface area contributed by atoms with Gasteiger partial charge in [-0.05, 0) is 47.2 Å². The van der Waals surface area contributed by atoms with Crippen molar-refractivity contribution in [2.24, 2.45) is 0 Å². The fourth-order valence-electron chi connectivity index (χ4n) is 3.85. The highest BCUT2D eigenvalue weighted by Gasteiger charge is 2.15. The fraction of sp³-hybridized carbons (Fsp3) is 0. The van der Waals surface area contributed by atoms with Crippen LogP contribution in [0.3, 0.4) is 0 Å². The zero-order chi connectivity index (χ0) is 17.1. The molecule has 6 aromatic rings. The van der Waals surface area contributed by atoms with Crippen LogP contribution in [0.15, 0.2) is 79.3 Å². The number of hydrogen-bond donors (Lipinski definition) is 1. The van der Waals surface area contributed by atoms with E-state index in [0.717, 1.165) is 33.3 Å². The predicted octanol–water partition coefficient (Wildman–Crippen LogP) is 5.21. The third kappa shape index (κ3) is 1.78. The summed E-state index contributed by atoms with van der Waals surface area (Å²) in [6.07, 6.45) is 5.52. The van der Waals surface area contributed by atoms with Gasteiger partial charge in [0.05, 0.1) is 17.2 Å². The summed E-state index contributed by atoms with van der Waals surface area (Å²) >= 11 is 0. The summed E-state index contributed by atoms with van der Waals surface area (Å²) in [7, 11) is 0. The molecule has 0 amide bonds. The van der Waals surface area contributed by atoms with Crippen LogP contribution >= 0.6 is 0 Å². The first-order valence-corrected chi connectivity index (χ1v) is 8.59. The lowest BCUT2D eigenvalue weighted by atomic mass is 10.1. The standard InChI is InChI=1S/C22H14N4/c1-2-5-15-11-20-18(10-14(15)4-1)17-6-3-8-24-22(17)26(20)21-12-16-7-9-23-13-19(16)25-21/h1-13,25H. The maximum Gasteiger partial charge on any atom is 0.146 e. The summed E-state index contributed by atoms with van der Waals surface area (Å²) in [4.78, 5) is 12.4. The van der Waals surface area contributed by atoms with Crippen LogP contribution in [0.1, 0.15) is 0 Å². The van der Waals surface area contributed by atoms with Gasteiger partial charge in [-0.25, -0.2) is 4.98 Å². The molecule has 4 aromatic heterocycles. The SMILES string of the molecule is c1ccc2cc3c(cc2c1)c1cccnc1n3-c1cc2ccncc2[nH]1. The van der Waals surface area contributed by atoms with Gasteiger partial charge < -0.3 is 4.98 Å². The van der Waals surface area contributed by atoms with Crippen molar-refractivity contribution in [3.8, 4) is 5.82 Å². The van der Waals surface area contributed by atoms with Crippen molar-refractivity contribution in [2.75, 3.05) is 0 Å². The van der Waals surface area contributed by atoms with Gasteiger partial charge in [-0.3, -0.25) is 9.55 Å². The second-order valence-electron chi connectivity index (χ2n) is 6.54. The molecule has 0 unspecified atom stereocenters. The molecular formula is C22H14N4. The van der Waals surface area contributed by atoms with Crippen molar-refractivity contribution >= 4 is 43.6 Å². The summed E-state index contributed by atoms with van der Waals surface area (Å²) in [5.41, 5.74) is 3.13. The lowest BCUT2D eigenvalue weighted by molar-refractivity contribution is 1.09. The Bertz CT molecular complexity index is 1410. The molecule has 0 saturated heterocycles. The van der Waals surface area contributed by atoms with E-state index in [1.807, 2.05) is 30.7 Å². The third-order valence-electron chi connectivity index (χ3n) is 5.04. The van der Waals surface area contributed by atoms with Crippen molar-refractivity contribution in [3.05, 3.63) is 79.3 Å². The molecule has 2 aromatic carbocycles. The maximum atomic E-state index is 4.68. The van der Waals surface area contributed by atoms with Gasteiger partial charge in [0.2, 0.25) is 0 Å². The number of aromatic nitrogens is 4. The minimum Gasteiger partial charge on any atom is -0.340 e. The van der Waals surface area contributed by atoms with E-state index in [0.29, 0.717) is 0 Å². The van der Waals surface area contributed by atoms with Gasteiger partial charge in [0.1, 0.15) is 11.5 Å². The van der Waals surface area contributed by atoms with Crippen LogP contribution < -0.4 is 0 Å². The van der Waals surface area contributed by atoms with Crippen molar-refractivity contribution in [1.82, 2.24) is 19.5 Å². The molecule has 4 heteroatoms. The second-order valence-corrected chi connectivity index (χ2v) is 6.54. The summed E-state index contributed by atoms with van der Waals surface area (Å²) in [5, 5.41) is 5.97. The molecule has 122 valence electrons. The Kier molecular flexibility index (Phi) is 2.58. The van der Waals surface area contributed by atoms with Gasteiger partial charge >= 0.3 is 0 Å². The van der Waals surface area contributed by atoms with Gasteiger partial charge in [-0.15, -0.1) is 0 Å². The maximum absolute atomic E-state index is 4.68.